The van der Waals surface area contributed by atoms with Gasteiger partial charge in [0.15, 0.2) is 0 Å². The lowest BCUT2D eigenvalue weighted by Gasteiger charge is -2.36. The summed E-state index contributed by atoms with van der Waals surface area (Å²) in [7, 11) is -1.80. The van der Waals surface area contributed by atoms with Gasteiger partial charge >= 0.3 is 0 Å². The van der Waals surface area contributed by atoms with Gasteiger partial charge in [0.2, 0.25) is 21.9 Å². The van der Waals surface area contributed by atoms with Crippen LogP contribution in [-0.4, -0.2) is 48.2 Å². The molecule has 2 aliphatic heterocycles. The number of likely N-dealkylation sites (N-methyl/N-ethyl adjacent to an activating group) is 1. The van der Waals surface area contributed by atoms with Gasteiger partial charge in [-0.1, -0.05) is 31.5 Å². The minimum atomic E-state index is -3.57. The number of amides is 1. The number of hydrogen-bond acceptors (Lipinski definition) is 6. The van der Waals surface area contributed by atoms with Crippen molar-refractivity contribution in [3.63, 3.8) is 0 Å². The summed E-state index contributed by atoms with van der Waals surface area (Å²) in [5.41, 5.74) is 3.84. The molecule has 3 heterocycles. The van der Waals surface area contributed by atoms with Crippen molar-refractivity contribution in [3.05, 3.63) is 60.3 Å². The Morgan fingerprint density at radius 2 is 1.83 bits per heavy atom. The fraction of sp³-hybridized carbons (Fsp3) is 0.370. The van der Waals surface area contributed by atoms with E-state index in [0.717, 1.165) is 36.1 Å². The molecule has 1 fully saturated rings. The van der Waals surface area contributed by atoms with Crippen molar-refractivity contribution < 1.29 is 13.2 Å². The van der Waals surface area contributed by atoms with E-state index in [9.17, 15) is 13.2 Å². The molecule has 0 aliphatic carbocycles. The standard InChI is InChI=1S/C27H31N5O3S/c1-4-19-10-9-18(2)32(17-19)36(34,35)22-13-11-21(12-14-22)29-27-28-16-20-15-25(33)31(3)24-8-6-5-7-23(24)26(20)30-27/h5-8,11-14,16,18-19H,4,9-10,15,17H2,1-3H3,(H,28,29,30). The van der Waals surface area contributed by atoms with Crippen molar-refractivity contribution in [3.8, 4) is 11.3 Å². The van der Waals surface area contributed by atoms with E-state index in [-0.39, 0.29) is 23.3 Å². The summed E-state index contributed by atoms with van der Waals surface area (Å²) in [5, 5.41) is 3.18. The van der Waals surface area contributed by atoms with Crippen molar-refractivity contribution in [1.82, 2.24) is 14.3 Å². The summed E-state index contributed by atoms with van der Waals surface area (Å²) in [6.45, 7) is 4.67. The van der Waals surface area contributed by atoms with Crippen LogP contribution in [0.5, 0.6) is 0 Å². The van der Waals surface area contributed by atoms with E-state index >= 15 is 0 Å². The lowest BCUT2D eigenvalue weighted by atomic mass is 9.93. The summed E-state index contributed by atoms with van der Waals surface area (Å²) >= 11 is 0. The quantitative estimate of drug-likeness (QED) is 0.544. The lowest BCUT2D eigenvalue weighted by molar-refractivity contribution is -0.117. The van der Waals surface area contributed by atoms with E-state index in [4.69, 9.17) is 4.98 Å². The molecule has 3 aromatic rings. The van der Waals surface area contributed by atoms with E-state index in [0.29, 0.717) is 29.8 Å². The molecule has 0 bridgehead atoms. The Balaban J connectivity index is 1.40. The van der Waals surface area contributed by atoms with Gasteiger partial charge in [0.05, 0.1) is 22.7 Å². The number of nitrogens with one attached hydrogen (secondary N) is 1. The number of carbonyl (C=O) groups excluding carboxylic acids is 1. The Labute approximate surface area is 212 Å². The fourth-order valence-corrected chi connectivity index (χ4v) is 6.74. The molecule has 0 saturated carbocycles. The molecule has 0 radical (unpaired) electrons. The van der Waals surface area contributed by atoms with Gasteiger partial charge in [-0.3, -0.25) is 4.79 Å². The Bertz CT molecular complexity index is 1390. The first-order valence-electron chi connectivity index (χ1n) is 12.4. The number of aromatic nitrogens is 2. The number of piperidine rings is 1. The molecular formula is C27H31N5O3S. The molecule has 2 atom stereocenters. The normalized spacial score (nSPS) is 20.4. The van der Waals surface area contributed by atoms with Crippen molar-refractivity contribution in [2.45, 2.75) is 50.5 Å². The smallest absolute Gasteiger partial charge is 0.243 e. The van der Waals surface area contributed by atoms with Crippen LogP contribution >= 0.6 is 0 Å². The Hall–Kier alpha value is -3.30. The van der Waals surface area contributed by atoms with Crippen molar-refractivity contribution >= 4 is 33.3 Å². The van der Waals surface area contributed by atoms with Crippen LogP contribution < -0.4 is 10.2 Å². The van der Waals surface area contributed by atoms with Crippen molar-refractivity contribution in [2.75, 3.05) is 23.8 Å². The predicted molar refractivity (Wildman–Crippen MR) is 141 cm³/mol. The topological polar surface area (TPSA) is 95.5 Å². The zero-order chi connectivity index (χ0) is 25.4. The van der Waals surface area contributed by atoms with Gasteiger partial charge < -0.3 is 10.2 Å². The Morgan fingerprint density at radius 3 is 2.58 bits per heavy atom. The van der Waals surface area contributed by atoms with Crippen LogP contribution in [0.2, 0.25) is 0 Å². The van der Waals surface area contributed by atoms with Gasteiger partial charge in [-0.25, -0.2) is 18.4 Å². The predicted octanol–water partition coefficient (Wildman–Crippen LogP) is 4.61. The molecule has 5 rings (SSSR count). The summed E-state index contributed by atoms with van der Waals surface area (Å²) in [5.74, 6) is 0.768. The Morgan fingerprint density at radius 1 is 1.08 bits per heavy atom. The number of nitrogens with zero attached hydrogens (tertiary/aromatic N) is 4. The van der Waals surface area contributed by atoms with Gasteiger partial charge in [-0.15, -0.1) is 0 Å². The largest absolute Gasteiger partial charge is 0.324 e. The number of hydrogen-bond donors (Lipinski definition) is 1. The minimum absolute atomic E-state index is 0.00242. The number of benzene rings is 2. The SMILES string of the molecule is CCC1CCC(C)N(S(=O)(=O)c2ccc(Nc3ncc4c(n3)-c3ccccc3N(C)C(=O)C4)cc2)C1. The molecule has 1 amide bonds. The molecule has 8 nitrogen and oxygen atoms in total. The molecule has 1 saturated heterocycles. The van der Waals surface area contributed by atoms with Crippen LogP contribution in [0, 0.1) is 5.92 Å². The number of rotatable bonds is 5. The second-order valence-corrected chi connectivity index (χ2v) is 11.5. The van der Waals surface area contributed by atoms with E-state index in [1.54, 1.807) is 46.7 Å². The summed E-state index contributed by atoms with van der Waals surface area (Å²) in [6, 6.07) is 14.4. The van der Waals surface area contributed by atoms with Crippen LogP contribution in [0.4, 0.5) is 17.3 Å². The molecule has 2 aliphatic rings. The molecule has 2 unspecified atom stereocenters. The first-order valence-corrected chi connectivity index (χ1v) is 13.8. The molecule has 1 aromatic heterocycles. The monoisotopic (exact) mass is 505 g/mol. The summed E-state index contributed by atoms with van der Waals surface area (Å²) < 4.78 is 28.3. The van der Waals surface area contributed by atoms with E-state index in [1.165, 1.54) is 0 Å². The number of carbonyl (C=O) groups is 1. The third-order valence-electron chi connectivity index (χ3n) is 7.32. The highest BCUT2D eigenvalue weighted by molar-refractivity contribution is 7.89. The van der Waals surface area contributed by atoms with Crippen LogP contribution in [0.25, 0.3) is 11.3 Å². The van der Waals surface area contributed by atoms with Gasteiger partial charge in [0.25, 0.3) is 0 Å². The number of sulfonamides is 1. The van der Waals surface area contributed by atoms with Gasteiger partial charge in [-0.2, -0.15) is 4.31 Å². The first-order chi connectivity index (χ1) is 17.3. The molecule has 9 heteroatoms. The minimum Gasteiger partial charge on any atom is -0.324 e. The maximum atomic E-state index is 13.3. The molecular weight excluding hydrogens is 474 g/mol. The zero-order valence-electron chi connectivity index (χ0n) is 20.8. The number of anilines is 3. The van der Waals surface area contributed by atoms with Crippen LogP contribution in [-0.2, 0) is 21.2 Å². The van der Waals surface area contributed by atoms with Crippen molar-refractivity contribution in [1.29, 1.82) is 0 Å². The van der Waals surface area contributed by atoms with Gasteiger partial charge in [0.1, 0.15) is 0 Å². The van der Waals surface area contributed by atoms with E-state index < -0.39 is 10.0 Å². The second kappa shape index (κ2) is 9.63. The van der Waals surface area contributed by atoms with Crippen LogP contribution in [0.15, 0.2) is 59.6 Å². The highest BCUT2D eigenvalue weighted by atomic mass is 32.2. The van der Waals surface area contributed by atoms with Crippen LogP contribution in [0.1, 0.15) is 38.7 Å². The van der Waals surface area contributed by atoms with Crippen molar-refractivity contribution in [2.24, 2.45) is 5.92 Å². The lowest BCUT2D eigenvalue weighted by Crippen LogP contribution is -2.45. The average Bonchev–Trinajstić information content (AvgIpc) is 2.99. The second-order valence-electron chi connectivity index (χ2n) is 9.64. The van der Waals surface area contributed by atoms with Gasteiger partial charge in [-0.05, 0) is 56.0 Å². The molecule has 0 spiro atoms. The number of para-hydroxylation sites is 1. The van der Waals surface area contributed by atoms with Crippen LogP contribution in [0.3, 0.4) is 0 Å². The molecule has 188 valence electrons. The average molecular weight is 506 g/mol. The fourth-order valence-electron chi connectivity index (χ4n) is 5.00. The third-order valence-corrected chi connectivity index (χ3v) is 9.31. The van der Waals surface area contributed by atoms with Gasteiger partial charge in [0, 0.05) is 42.6 Å². The highest BCUT2D eigenvalue weighted by Gasteiger charge is 2.34. The Kier molecular flexibility index (Phi) is 6.53. The number of fused-ring (bicyclic) bond motifs is 3. The maximum Gasteiger partial charge on any atom is 0.243 e. The molecule has 1 N–H and O–H groups in total. The van der Waals surface area contributed by atoms with E-state index in [1.807, 2.05) is 31.2 Å². The molecule has 2 aromatic carbocycles. The molecule has 36 heavy (non-hydrogen) atoms. The zero-order valence-corrected chi connectivity index (χ0v) is 21.6. The highest BCUT2D eigenvalue weighted by Crippen LogP contribution is 2.35. The summed E-state index contributed by atoms with van der Waals surface area (Å²) in [6.07, 6.45) is 4.84. The third kappa shape index (κ3) is 4.49. The maximum absolute atomic E-state index is 13.3. The van der Waals surface area contributed by atoms with E-state index in [2.05, 4.69) is 17.2 Å². The summed E-state index contributed by atoms with van der Waals surface area (Å²) in [4.78, 5) is 23.7. The first kappa shape index (κ1) is 24.4.